The number of hydrogen-bond donors (Lipinski definition) is 2. The van der Waals surface area contributed by atoms with E-state index in [1.165, 1.54) is 17.4 Å². The number of nitrogens with one attached hydrogen (secondary N) is 1. The Kier molecular flexibility index (Phi) is 6.19. The summed E-state index contributed by atoms with van der Waals surface area (Å²) in [5.41, 5.74) is 4.04. The minimum Gasteiger partial charge on any atom is -0.478 e. The van der Waals surface area contributed by atoms with Gasteiger partial charge in [-0.2, -0.15) is 0 Å². The van der Waals surface area contributed by atoms with Gasteiger partial charge in [0.1, 0.15) is 5.01 Å². The van der Waals surface area contributed by atoms with Crippen molar-refractivity contribution in [2.75, 3.05) is 0 Å². The van der Waals surface area contributed by atoms with E-state index in [-0.39, 0.29) is 24.4 Å². The Bertz CT molecular complexity index is 1260. The molecule has 0 aliphatic heterocycles. The van der Waals surface area contributed by atoms with Crippen LogP contribution >= 0.6 is 11.3 Å². The lowest BCUT2D eigenvalue weighted by Crippen LogP contribution is -2.24. The van der Waals surface area contributed by atoms with Gasteiger partial charge >= 0.3 is 5.97 Å². The predicted octanol–water partition coefficient (Wildman–Crippen LogP) is 5.02. The lowest BCUT2D eigenvalue weighted by molar-refractivity contribution is -0.120. The molecule has 1 amide bonds. The molecule has 6 heteroatoms. The van der Waals surface area contributed by atoms with E-state index in [0.29, 0.717) is 0 Å². The fourth-order valence-corrected chi connectivity index (χ4v) is 4.15. The topological polar surface area (TPSA) is 79.3 Å². The highest BCUT2D eigenvalue weighted by Gasteiger charge is 2.10. The molecule has 3 aromatic carbocycles. The molecule has 1 heterocycles. The van der Waals surface area contributed by atoms with Crippen LogP contribution in [0.4, 0.5) is 0 Å². The molecule has 4 aromatic rings. The Hall–Kier alpha value is -3.77. The maximum atomic E-state index is 12.3. The fourth-order valence-electron chi connectivity index (χ4n) is 3.14. The van der Waals surface area contributed by atoms with Crippen LogP contribution < -0.4 is 5.32 Å². The number of benzene rings is 3. The van der Waals surface area contributed by atoms with Gasteiger partial charge in [0.25, 0.3) is 0 Å². The number of carboxylic acids is 1. The maximum absolute atomic E-state index is 12.3. The molecule has 0 saturated carbocycles. The number of thiazole rings is 1. The first-order chi connectivity index (χ1) is 15.1. The zero-order valence-electron chi connectivity index (χ0n) is 16.6. The van der Waals surface area contributed by atoms with Gasteiger partial charge in [0.05, 0.1) is 22.2 Å². The zero-order chi connectivity index (χ0) is 21.6. The normalized spacial score (nSPS) is 11.1. The van der Waals surface area contributed by atoms with Crippen molar-refractivity contribution in [1.29, 1.82) is 0 Å². The summed E-state index contributed by atoms with van der Waals surface area (Å²) < 4.78 is 1.03. The lowest BCUT2D eigenvalue weighted by atomic mass is 10.1. The molecular formula is C25H20N2O3S. The first-order valence-corrected chi connectivity index (χ1v) is 10.6. The average molecular weight is 429 g/mol. The second-order valence-corrected chi connectivity index (χ2v) is 8.15. The largest absolute Gasteiger partial charge is 0.478 e. The second kappa shape index (κ2) is 9.36. The second-order valence-electron chi connectivity index (χ2n) is 7.04. The highest BCUT2D eigenvalue weighted by Crippen LogP contribution is 2.24. The summed E-state index contributed by atoms with van der Waals surface area (Å²) in [7, 11) is 0. The number of rotatable bonds is 7. The molecule has 2 N–H and O–H groups in total. The summed E-state index contributed by atoms with van der Waals surface area (Å²) in [6, 6.07) is 22.7. The van der Waals surface area contributed by atoms with Crippen molar-refractivity contribution < 1.29 is 14.7 Å². The van der Waals surface area contributed by atoms with Crippen LogP contribution in [0.15, 0.2) is 72.8 Å². The van der Waals surface area contributed by atoms with Crippen molar-refractivity contribution in [3.63, 3.8) is 0 Å². The van der Waals surface area contributed by atoms with Gasteiger partial charge in [-0.3, -0.25) is 4.79 Å². The van der Waals surface area contributed by atoms with E-state index in [1.54, 1.807) is 18.2 Å². The highest BCUT2D eigenvalue weighted by atomic mass is 32.1. The molecule has 154 valence electrons. The van der Waals surface area contributed by atoms with Crippen molar-refractivity contribution >= 4 is 45.6 Å². The van der Waals surface area contributed by atoms with Crippen molar-refractivity contribution in [2.45, 2.75) is 13.0 Å². The summed E-state index contributed by atoms with van der Waals surface area (Å²) in [4.78, 5) is 28.0. The van der Waals surface area contributed by atoms with Gasteiger partial charge in [0, 0.05) is 6.54 Å². The molecule has 0 radical (unpaired) electrons. The number of nitrogens with zero attached hydrogens (tertiary/aromatic N) is 1. The number of carboxylic acid groups (broad SMARTS) is 1. The Balaban J connectivity index is 1.39. The molecule has 0 bridgehead atoms. The van der Waals surface area contributed by atoms with Crippen LogP contribution in [0, 0.1) is 0 Å². The number of aromatic carboxylic acids is 1. The van der Waals surface area contributed by atoms with E-state index in [1.807, 2.05) is 30.3 Å². The molecule has 4 rings (SSSR count). The Morgan fingerprint density at radius 3 is 2.55 bits per heavy atom. The van der Waals surface area contributed by atoms with Crippen LogP contribution in [0.25, 0.3) is 22.4 Å². The molecule has 0 spiro atoms. The zero-order valence-corrected chi connectivity index (χ0v) is 17.4. The number of amides is 1. The molecule has 31 heavy (non-hydrogen) atoms. The van der Waals surface area contributed by atoms with Crippen LogP contribution in [-0.2, 0) is 17.8 Å². The van der Waals surface area contributed by atoms with Crippen LogP contribution in [0.3, 0.4) is 0 Å². The van der Waals surface area contributed by atoms with Crippen LogP contribution in [0.2, 0.25) is 0 Å². The van der Waals surface area contributed by atoms with Gasteiger partial charge in [-0.05, 0) is 41.0 Å². The van der Waals surface area contributed by atoms with Gasteiger partial charge in [-0.1, -0.05) is 60.7 Å². The van der Waals surface area contributed by atoms with Crippen molar-refractivity contribution in [2.24, 2.45) is 0 Å². The van der Waals surface area contributed by atoms with Crippen molar-refractivity contribution in [3.05, 3.63) is 100 Å². The molecule has 0 fully saturated rings. The van der Waals surface area contributed by atoms with E-state index < -0.39 is 5.97 Å². The van der Waals surface area contributed by atoms with E-state index in [4.69, 9.17) is 5.11 Å². The van der Waals surface area contributed by atoms with Gasteiger partial charge < -0.3 is 10.4 Å². The molecule has 0 aliphatic carbocycles. The van der Waals surface area contributed by atoms with Crippen LogP contribution in [-0.4, -0.2) is 22.0 Å². The number of carbonyl (C=O) groups is 2. The van der Waals surface area contributed by atoms with E-state index in [9.17, 15) is 9.59 Å². The number of carbonyl (C=O) groups excluding carboxylic acids is 1. The lowest BCUT2D eigenvalue weighted by Gasteiger charge is -2.05. The Morgan fingerprint density at radius 1 is 0.935 bits per heavy atom. The molecule has 0 saturated heterocycles. The Labute approximate surface area is 183 Å². The summed E-state index contributed by atoms with van der Waals surface area (Å²) in [5.74, 6) is -1.13. The highest BCUT2D eigenvalue weighted by molar-refractivity contribution is 7.18. The summed E-state index contributed by atoms with van der Waals surface area (Å²) in [5, 5.41) is 12.6. The van der Waals surface area contributed by atoms with Gasteiger partial charge in [0.15, 0.2) is 0 Å². The summed E-state index contributed by atoms with van der Waals surface area (Å²) >= 11 is 1.51. The summed E-state index contributed by atoms with van der Waals surface area (Å²) in [6.45, 7) is 0.277. The minimum absolute atomic E-state index is 0.149. The van der Waals surface area contributed by atoms with E-state index in [2.05, 4.69) is 40.7 Å². The first-order valence-electron chi connectivity index (χ1n) is 9.78. The van der Waals surface area contributed by atoms with Crippen molar-refractivity contribution in [3.8, 4) is 0 Å². The first kappa shape index (κ1) is 20.5. The van der Waals surface area contributed by atoms with Gasteiger partial charge in [-0.25, -0.2) is 9.78 Å². The smallest absolute Gasteiger partial charge is 0.335 e. The molecule has 5 nitrogen and oxygen atoms in total. The number of aromatic nitrogens is 1. The van der Waals surface area contributed by atoms with Crippen LogP contribution in [0.5, 0.6) is 0 Å². The molecule has 1 aromatic heterocycles. The number of fused-ring (bicyclic) bond motifs is 1. The molecule has 0 aliphatic rings. The third-order valence-corrected chi connectivity index (χ3v) is 5.72. The van der Waals surface area contributed by atoms with Gasteiger partial charge in [0.2, 0.25) is 5.91 Å². The standard InChI is InChI=1S/C25H20N2O3S/c28-23(26-16-19-7-4-8-20(13-19)25(29)30)15-24-27-21-12-11-18(14-22(21)31-24)10-9-17-5-2-1-3-6-17/h1-14H,15-16H2,(H,26,28)(H,29,30)/b10-9+. The SMILES string of the molecule is O=C(Cc1nc2ccc(/C=C/c3ccccc3)cc2s1)NCc1cccc(C(=O)O)c1. The third-order valence-electron chi connectivity index (χ3n) is 4.70. The van der Waals surface area contributed by atoms with E-state index >= 15 is 0 Å². The minimum atomic E-state index is -0.986. The van der Waals surface area contributed by atoms with Gasteiger partial charge in [-0.15, -0.1) is 11.3 Å². The average Bonchev–Trinajstić information content (AvgIpc) is 3.18. The predicted molar refractivity (Wildman–Crippen MR) is 124 cm³/mol. The Morgan fingerprint density at radius 2 is 1.74 bits per heavy atom. The maximum Gasteiger partial charge on any atom is 0.335 e. The third kappa shape index (κ3) is 5.43. The fraction of sp³-hybridized carbons (Fsp3) is 0.0800. The monoisotopic (exact) mass is 428 g/mol. The van der Waals surface area contributed by atoms with Crippen molar-refractivity contribution in [1.82, 2.24) is 10.3 Å². The molecule has 0 atom stereocenters. The molecule has 0 unspecified atom stereocenters. The quantitative estimate of drug-likeness (QED) is 0.405. The molecular weight excluding hydrogens is 408 g/mol. The van der Waals surface area contributed by atoms with Crippen LogP contribution in [0.1, 0.15) is 32.1 Å². The van der Waals surface area contributed by atoms with E-state index in [0.717, 1.165) is 31.9 Å². The summed E-state index contributed by atoms with van der Waals surface area (Å²) in [6.07, 6.45) is 4.31. The number of hydrogen-bond acceptors (Lipinski definition) is 4.